The zero-order valence-electron chi connectivity index (χ0n) is 10.4. The van der Waals surface area contributed by atoms with Crippen LogP contribution in [0.4, 0.5) is 10.8 Å². The van der Waals surface area contributed by atoms with Gasteiger partial charge in [-0.2, -0.15) is 4.37 Å². The molecule has 0 aliphatic rings. The van der Waals surface area contributed by atoms with Crippen LogP contribution < -0.4 is 10.6 Å². The Bertz CT molecular complexity index is 523. The second-order valence-electron chi connectivity index (χ2n) is 3.85. The average Bonchev–Trinajstić information content (AvgIpc) is 2.92. The molecule has 5 nitrogen and oxygen atoms in total. The Labute approximate surface area is 114 Å². The van der Waals surface area contributed by atoms with Crippen molar-refractivity contribution in [2.45, 2.75) is 13.8 Å². The SMILES string of the molecule is CCN(CCO)c1snc(N)c1-c1nc(C)cs1. The summed E-state index contributed by atoms with van der Waals surface area (Å²) in [6.07, 6.45) is 0. The maximum Gasteiger partial charge on any atom is 0.149 e. The van der Waals surface area contributed by atoms with Crippen LogP contribution in [0.1, 0.15) is 12.6 Å². The lowest BCUT2D eigenvalue weighted by Crippen LogP contribution is -2.25. The molecular weight excluding hydrogens is 268 g/mol. The van der Waals surface area contributed by atoms with Gasteiger partial charge in [0, 0.05) is 24.2 Å². The monoisotopic (exact) mass is 284 g/mol. The number of nitrogens with two attached hydrogens (primary N) is 1. The van der Waals surface area contributed by atoms with Crippen LogP contribution >= 0.6 is 22.9 Å². The van der Waals surface area contributed by atoms with E-state index < -0.39 is 0 Å². The van der Waals surface area contributed by atoms with E-state index in [-0.39, 0.29) is 6.61 Å². The van der Waals surface area contributed by atoms with Crippen LogP contribution in [-0.4, -0.2) is 34.2 Å². The van der Waals surface area contributed by atoms with E-state index in [0.717, 1.165) is 27.8 Å². The number of anilines is 2. The summed E-state index contributed by atoms with van der Waals surface area (Å²) < 4.78 is 4.22. The van der Waals surface area contributed by atoms with Gasteiger partial charge >= 0.3 is 0 Å². The van der Waals surface area contributed by atoms with E-state index in [2.05, 4.69) is 14.3 Å². The highest BCUT2D eigenvalue weighted by Crippen LogP contribution is 2.40. The minimum absolute atomic E-state index is 0.113. The van der Waals surface area contributed by atoms with Crippen LogP contribution in [0.25, 0.3) is 10.6 Å². The third-order valence-corrected chi connectivity index (χ3v) is 4.47. The van der Waals surface area contributed by atoms with Crippen molar-refractivity contribution in [2.24, 2.45) is 0 Å². The van der Waals surface area contributed by atoms with Crippen molar-refractivity contribution in [3.8, 4) is 10.6 Å². The van der Waals surface area contributed by atoms with Gasteiger partial charge in [-0.1, -0.05) is 0 Å². The molecule has 0 aromatic carbocycles. The number of hydrogen-bond acceptors (Lipinski definition) is 7. The van der Waals surface area contributed by atoms with Crippen LogP contribution in [0, 0.1) is 6.92 Å². The zero-order chi connectivity index (χ0) is 13.1. The summed E-state index contributed by atoms with van der Waals surface area (Å²) in [6, 6.07) is 0. The molecule has 0 aliphatic heterocycles. The number of aryl methyl sites for hydroxylation is 1. The molecule has 0 amide bonds. The van der Waals surface area contributed by atoms with E-state index >= 15 is 0 Å². The number of aliphatic hydroxyl groups is 1. The molecule has 2 heterocycles. The van der Waals surface area contributed by atoms with E-state index in [1.54, 1.807) is 11.3 Å². The van der Waals surface area contributed by atoms with Crippen molar-refractivity contribution in [1.29, 1.82) is 0 Å². The Morgan fingerprint density at radius 2 is 2.28 bits per heavy atom. The lowest BCUT2D eigenvalue weighted by Gasteiger charge is -2.20. The average molecular weight is 284 g/mol. The molecular formula is C11H16N4OS2. The molecule has 7 heteroatoms. The fraction of sp³-hybridized carbons (Fsp3) is 0.455. The summed E-state index contributed by atoms with van der Waals surface area (Å²) in [5.41, 5.74) is 7.83. The molecule has 0 unspecified atom stereocenters. The Kier molecular flexibility index (Phi) is 4.15. The number of aliphatic hydroxyl groups excluding tert-OH is 1. The molecule has 0 fully saturated rings. The van der Waals surface area contributed by atoms with Gasteiger partial charge in [0.05, 0.1) is 12.2 Å². The zero-order valence-corrected chi connectivity index (χ0v) is 12.0. The fourth-order valence-electron chi connectivity index (χ4n) is 1.70. The first-order valence-electron chi connectivity index (χ1n) is 5.70. The number of nitrogen functional groups attached to an aromatic ring is 1. The maximum absolute atomic E-state index is 9.10. The summed E-state index contributed by atoms with van der Waals surface area (Å²) in [7, 11) is 0. The number of nitrogens with zero attached hydrogens (tertiary/aromatic N) is 3. The van der Waals surface area contributed by atoms with Gasteiger partial charge in [-0.15, -0.1) is 11.3 Å². The first kappa shape index (κ1) is 13.3. The highest BCUT2D eigenvalue weighted by molar-refractivity contribution is 7.15. The molecule has 18 heavy (non-hydrogen) atoms. The van der Waals surface area contributed by atoms with Gasteiger partial charge < -0.3 is 15.7 Å². The Balaban J connectivity index is 2.43. The topological polar surface area (TPSA) is 75.3 Å². The molecule has 2 aromatic rings. The van der Waals surface area contributed by atoms with Crippen LogP contribution in [0.3, 0.4) is 0 Å². The maximum atomic E-state index is 9.10. The minimum Gasteiger partial charge on any atom is -0.395 e. The molecule has 2 rings (SSSR count). The van der Waals surface area contributed by atoms with Gasteiger partial charge in [0.1, 0.15) is 15.8 Å². The summed E-state index contributed by atoms with van der Waals surface area (Å²) >= 11 is 2.93. The minimum atomic E-state index is 0.113. The Morgan fingerprint density at radius 3 is 2.83 bits per heavy atom. The third-order valence-electron chi connectivity index (χ3n) is 2.57. The van der Waals surface area contributed by atoms with Gasteiger partial charge in [0.15, 0.2) is 0 Å². The van der Waals surface area contributed by atoms with Gasteiger partial charge in [-0.3, -0.25) is 0 Å². The second-order valence-corrected chi connectivity index (χ2v) is 5.46. The summed E-state index contributed by atoms with van der Waals surface area (Å²) in [4.78, 5) is 6.54. The van der Waals surface area contributed by atoms with Crippen LogP contribution in [-0.2, 0) is 0 Å². The summed E-state index contributed by atoms with van der Waals surface area (Å²) in [6.45, 7) is 5.50. The van der Waals surface area contributed by atoms with Gasteiger partial charge in [-0.25, -0.2) is 4.98 Å². The largest absolute Gasteiger partial charge is 0.395 e. The Morgan fingerprint density at radius 1 is 1.50 bits per heavy atom. The second kappa shape index (κ2) is 5.64. The molecule has 0 radical (unpaired) electrons. The molecule has 0 aliphatic carbocycles. The van der Waals surface area contributed by atoms with Gasteiger partial charge in [-0.05, 0) is 25.4 Å². The standard InChI is InChI=1S/C11H16N4OS2/c1-3-15(4-5-16)11-8(9(12)14-18-11)10-13-7(2)6-17-10/h6,16H,3-5H2,1-2H3,(H2,12,14). The van der Waals surface area contributed by atoms with E-state index in [9.17, 15) is 0 Å². The van der Waals surface area contributed by atoms with Crippen molar-refractivity contribution in [3.05, 3.63) is 11.1 Å². The molecule has 0 spiro atoms. The molecule has 0 bridgehead atoms. The molecule has 0 saturated heterocycles. The molecule has 98 valence electrons. The van der Waals surface area contributed by atoms with Crippen molar-refractivity contribution in [3.63, 3.8) is 0 Å². The van der Waals surface area contributed by atoms with Crippen molar-refractivity contribution in [2.75, 3.05) is 30.3 Å². The van der Waals surface area contributed by atoms with Crippen molar-refractivity contribution < 1.29 is 5.11 Å². The highest BCUT2D eigenvalue weighted by atomic mass is 32.1. The molecule has 0 saturated carbocycles. The smallest absolute Gasteiger partial charge is 0.149 e. The van der Waals surface area contributed by atoms with Gasteiger partial charge in [0.2, 0.25) is 0 Å². The predicted octanol–water partition coefficient (Wildman–Crippen LogP) is 1.98. The van der Waals surface area contributed by atoms with Gasteiger partial charge in [0.25, 0.3) is 0 Å². The number of thiazole rings is 1. The molecule has 2 aromatic heterocycles. The van der Waals surface area contributed by atoms with E-state index in [0.29, 0.717) is 12.4 Å². The first-order chi connectivity index (χ1) is 8.67. The Hall–Kier alpha value is -1.18. The highest BCUT2D eigenvalue weighted by Gasteiger charge is 2.20. The molecule has 3 N–H and O–H groups in total. The van der Waals surface area contributed by atoms with Crippen LogP contribution in [0.5, 0.6) is 0 Å². The van der Waals surface area contributed by atoms with E-state index in [4.69, 9.17) is 10.8 Å². The molecule has 0 atom stereocenters. The quantitative estimate of drug-likeness (QED) is 0.878. The van der Waals surface area contributed by atoms with E-state index in [1.807, 2.05) is 19.2 Å². The number of hydrogen-bond donors (Lipinski definition) is 2. The van der Waals surface area contributed by atoms with Crippen LogP contribution in [0.15, 0.2) is 5.38 Å². The van der Waals surface area contributed by atoms with E-state index in [1.165, 1.54) is 11.5 Å². The lowest BCUT2D eigenvalue weighted by atomic mass is 10.3. The first-order valence-corrected chi connectivity index (χ1v) is 7.36. The van der Waals surface area contributed by atoms with Crippen LogP contribution in [0.2, 0.25) is 0 Å². The number of aromatic nitrogens is 2. The lowest BCUT2D eigenvalue weighted by molar-refractivity contribution is 0.302. The number of rotatable bonds is 5. The normalized spacial score (nSPS) is 10.8. The third kappa shape index (κ3) is 2.47. The van der Waals surface area contributed by atoms with Crippen molar-refractivity contribution in [1.82, 2.24) is 9.36 Å². The van der Waals surface area contributed by atoms with Crippen molar-refractivity contribution >= 4 is 33.7 Å². The fourth-order valence-corrected chi connectivity index (χ4v) is 3.52. The summed E-state index contributed by atoms with van der Waals surface area (Å²) in [5.74, 6) is 0.515. The number of likely N-dealkylation sites (N-methyl/N-ethyl adjacent to an activating group) is 1. The predicted molar refractivity (Wildman–Crippen MR) is 77.3 cm³/mol. The summed E-state index contributed by atoms with van der Waals surface area (Å²) in [5, 5.41) is 13.0.